The Morgan fingerprint density at radius 1 is 1.09 bits per heavy atom. The monoisotopic (exact) mass is 643 g/mol. The number of benzene rings is 1. The van der Waals surface area contributed by atoms with Gasteiger partial charge in [0.1, 0.15) is 22.9 Å². The van der Waals surface area contributed by atoms with Crippen LogP contribution < -0.4 is 5.32 Å². The number of aromatic nitrogens is 1. The standard InChI is InChI=1S/C34H49N3O7S/c1-10-18-42-32(40)23(4)19-26(17-16-25-14-12-11-13-15-25)35-30(39)27-21-45-31(36-27)29(43-24(5)38)20-28(22(2)3)37(9)33(41)44-34(6,7)8/h10-15,21-23,26,28-29H,1,16-20H2,2-9H3,(H,35,39)/t23-,26-,28+,29+/m0/s1. The maximum absolute atomic E-state index is 13.4. The highest BCUT2D eigenvalue weighted by atomic mass is 32.1. The van der Waals surface area contributed by atoms with E-state index in [0.717, 1.165) is 5.56 Å². The quantitative estimate of drug-likeness (QED) is 0.125. The molecular weight excluding hydrogens is 594 g/mol. The van der Waals surface area contributed by atoms with E-state index in [-0.39, 0.29) is 42.7 Å². The van der Waals surface area contributed by atoms with Crippen molar-refractivity contribution < 1.29 is 33.4 Å². The number of hydrogen-bond donors (Lipinski definition) is 1. The summed E-state index contributed by atoms with van der Waals surface area (Å²) in [6.45, 7) is 16.1. The first-order valence-electron chi connectivity index (χ1n) is 15.3. The van der Waals surface area contributed by atoms with E-state index in [9.17, 15) is 19.2 Å². The maximum atomic E-state index is 13.4. The Bertz CT molecular complexity index is 1270. The lowest BCUT2D eigenvalue weighted by Crippen LogP contribution is -2.44. The largest absolute Gasteiger partial charge is 0.461 e. The summed E-state index contributed by atoms with van der Waals surface area (Å²) in [5.74, 6) is -1.68. The van der Waals surface area contributed by atoms with Gasteiger partial charge >= 0.3 is 18.0 Å². The molecule has 2 rings (SSSR count). The number of nitrogens with one attached hydrogen (secondary N) is 1. The summed E-state index contributed by atoms with van der Waals surface area (Å²) in [5.41, 5.74) is 0.637. The SMILES string of the molecule is C=CCOC(=O)[C@@H](C)C[C@H](CCc1ccccc1)NC(=O)c1csc([C@@H](C[C@H](C(C)C)N(C)C(=O)OC(C)(C)C)OC(C)=O)n1. The van der Waals surface area contributed by atoms with Gasteiger partial charge in [0.05, 0.1) is 5.92 Å². The van der Waals surface area contributed by atoms with Crippen molar-refractivity contribution in [2.24, 2.45) is 11.8 Å². The van der Waals surface area contributed by atoms with Crippen molar-refractivity contribution in [2.45, 2.75) is 97.9 Å². The minimum absolute atomic E-state index is 0.00819. The van der Waals surface area contributed by atoms with Crippen molar-refractivity contribution >= 4 is 35.3 Å². The second kappa shape index (κ2) is 17.7. The van der Waals surface area contributed by atoms with Crippen LogP contribution in [0.15, 0.2) is 48.4 Å². The van der Waals surface area contributed by atoms with E-state index in [1.54, 1.807) is 40.1 Å². The van der Waals surface area contributed by atoms with Gasteiger partial charge in [0.25, 0.3) is 5.91 Å². The van der Waals surface area contributed by atoms with Crippen LogP contribution in [0.4, 0.5) is 4.79 Å². The molecule has 0 radical (unpaired) electrons. The number of carbonyl (C=O) groups excluding carboxylic acids is 4. The van der Waals surface area contributed by atoms with Crippen molar-refractivity contribution in [3.8, 4) is 0 Å². The molecule has 0 fully saturated rings. The second-order valence-corrected chi connectivity index (χ2v) is 13.4. The molecule has 2 aromatic rings. The van der Waals surface area contributed by atoms with Crippen LogP contribution in [-0.2, 0) is 30.2 Å². The molecule has 10 nitrogen and oxygen atoms in total. The van der Waals surface area contributed by atoms with Crippen LogP contribution in [0, 0.1) is 11.8 Å². The zero-order chi connectivity index (χ0) is 33.7. The predicted molar refractivity (Wildman–Crippen MR) is 175 cm³/mol. The van der Waals surface area contributed by atoms with E-state index in [0.29, 0.717) is 24.3 Å². The first-order chi connectivity index (χ1) is 21.1. The highest BCUT2D eigenvalue weighted by Crippen LogP contribution is 2.31. The van der Waals surface area contributed by atoms with Crippen LogP contribution in [0.25, 0.3) is 0 Å². The molecule has 4 atom stereocenters. The lowest BCUT2D eigenvalue weighted by molar-refractivity contribution is -0.148. The Morgan fingerprint density at radius 3 is 2.33 bits per heavy atom. The number of aryl methyl sites for hydroxylation is 1. The molecule has 0 aliphatic carbocycles. The van der Waals surface area contributed by atoms with Gasteiger partial charge in [-0.1, -0.05) is 63.8 Å². The fraction of sp³-hybridized carbons (Fsp3) is 0.559. The highest BCUT2D eigenvalue weighted by molar-refractivity contribution is 7.09. The van der Waals surface area contributed by atoms with Gasteiger partial charge in [0, 0.05) is 37.9 Å². The molecule has 0 unspecified atom stereocenters. The minimum Gasteiger partial charge on any atom is -0.461 e. The zero-order valence-electron chi connectivity index (χ0n) is 27.8. The van der Waals surface area contributed by atoms with E-state index in [4.69, 9.17) is 14.2 Å². The number of thiazole rings is 1. The third kappa shape index (κ3) is 13.0. The van der Waals surface area contributed by atoms with E-state index in [1.165, 1.54) is 29.2 Å². The molecule has 0 saturated carbocycles. The molecule has 248 valence electrons. The average Bonchev–Trinajstić information content (AvgIpc) is 3.46. The Morgan fingerprint density at radius 2 is 1.76 bits per heavy atom. The lowest BCUT2D eigenvalue weighted by Gasteiger charge is -2.34. The Labute approximate surface area is 271 Å². The third-order valence-corrected chi connectivity index (χ3v) is 8.02. The topological polar surface area (TPSA) is 124 Å². The number of carbonyl (C=O) groups is 4. The van der Waals surface area contributed by atoms with Gasteiger partial charge in [-0.2, -0.15) is 0 Å². The van der Waals surface area contributed by atoms with Gasteiger partial charge in [-0.3, -0.25) is 14.4 Å². The molecule has 0 saturated heterocycles. The first-order valence-corrected chi connectivity index (χ1v) is 16.2. The molecule has 45 heavy (non-hydrogen) atoms. The Balaban J connectivity index is 2.24. The number of rotatable bonds is 16. The lowest BCUT2D eigenvalue weighted by atomic mass is 9.96. The van der Waals surface area contributed by atoms with E-state index in [2.05, 4.69) is 16.9 Å². The van der Waals surface area contributed by atoms with Gasteiger partial charge in [-0.15, -0.1) is 11.3 Å². The summed E-state index contributed by atoms with van der Waals surface area (Å²) in [5, 5.41) is 5.12. The van der Waals surface area contributed by atoms with E-state index >= 15 is 0 Å². The number of esters is 2. The Hall–Kier alpha value is -3.73. The predicted octanol–water partition coefficient (Wildman–Crippen LogP) is 6.52. The molecular formula is C34H49N3O7S. The van der Waals surface area contributed by atoms with Gasteiger partial charge in [-0.25, -0.2) is 9.78 Å². The zero-order valence-corrected chi connectivity index (χ0v) is 28.6. The summed E-state index contributed by atoms with van der Waals surface area (Å²) in [6, 6.07) is 9.25. The summed E-state index contributed by atoms with van der Waals surface area (Å²) < 4.78 is 16.4. The van der Waals surface area contributed by atoms with E-state index < -0.39 is 35.6 Å². The van der Waals surface area contributed by atoms with Crippen molar-refractivity contribution in [1.82, 2.24) is 15.2 Å². The minimum atomic E-state index is -0.778. The number of nitrogens with zero attached hydrogens (tertiary/aromatic N) is 2. The second-order valence-electron chi connectivity index (χ2n) is 12.6. The van der Waals surface area contributed by atoms with Crippen LogP contribution in [0.1, 0.15) is 94.9 Å². The fourth-order valence-electron chi connectivity index (χ4n) is 4.81. The molecule has 0 aliphatic rings. The molecule has 0 aliphatic heterocycles. The molecule has 2 amide bonds. The summed E-state index contributed by atoms with van der Waals surface area (Å²) >= 11 is 1.21. The normalized spacial score (nSPS) is 14.1. The van der Waals surface area contributed by atoms with Crippen molar-refractivity contribution in [3.63, 3.8) is 0 Å². The molecule has 1 aromatic carbocycles. The van der Waals surface area contributed by atoms with Crippen LogP contribution in [0.5, 0.6) is 0 Å². The summed E-state index contributed by atoms with van der Waals surface area (Å²) in [4.78, 5) is 56.9. The molecule has 0 spiro atoms. The smallest absolute Gasteiger partial charge is 0.410 e. The van der Waals surface area contributed by atoms with Crippen molar-refractivity contribution in [2.75, 3.05) is 13.7 Å². The van der Waals surface area contributed by atoms with Crippen LogP contribution in [0.3, 0.4) is 0 Å². The van der Waals surface area contributed by atoms with Crippen molar-refractivity contribution in [3.05, 3.63) is 64.6 Å². The van der Waals surface area contributed by atoms with Crippen LogP contribution in [0.2, 0.25) is 0 Å². The molecule has 11 heteroatoms. The first kappa shape index (κ1) is 37.5. The van der Waals surface area contributed by atoms with Gasteiger partial charge in [0.2, 0.25) is 0 Å². The van der Waals surface area contributed by atoms with Gasteiger partial charge in [-0.05, 0) is 51.5 Å². The summed E-state index contributed by atoms with van der Waals surface area (Å²) in [6.07, 6.45) is 2.22. The Kier molecular flexibility index (Phi) is 14.7. The number of hydrogen-bond acceptors (Lipinski definition) is 9. The molecule has 1 aromatic heterocycles. The number of ether oxygens (including phenoxy) is 3. The summed E-state index contributed by atoms with van der Waals surface area (Å²) in [7, 11) is 1.66. The van der Waals surface area contributed by atoms with Crippen LogP contribution in [-0.4, -0.2) is 65.2 Å². The molecule has 1 heterocycles. The molecule has 0 bridgehead atoms. The van der Waals surface area contributed by atoms with Crippen LogP contribution >= 0.6 is 11.3 Å². The molecule has 1 N–H and O–H groups in total. The highest BCUT2D eigenvalue weighted by Gasteiger charge is 2.33. The van der Waals surface area contributed by atoms with E-state index in [1.807, 2.05) is 44.2 Å². The number of amides is 2. The van der Waals surface area contributed by atoms with Gasteiger partial charge in [0.15, 0.2) is 6.10 Å². The third-order valence-electron chi connectivity index (χ3n) is 7.09. The average molecular weight is 644 g/mol. The maximum Gasteiger partial charge on any atom is 0.410 e. The van der Waals surface area contributed by atoms with Gasteiger partial charge < -0.3 is 24.4 Å². The fourth-order valence-corrected chi connectivity index (χ4v) is 5.65. The van der Waals surface area contributed by atoms with Crippen molar-refractivity contribution in [1.29, 1.82) is 0 Å².